The largest absolute Gasteiger partial charge is 0.326 e. The third-order valence-electron chi connectivity index (χ3n) is 3.73. The lowest BCUT2D eigenvalue weighted by Gasteiger charge is -2.24. The van der Waals surface area contributed by atoms with E-state index in [1.54, 1.807) is 23.1 Å². The third kappa shape index (κ3) is 3.47. The van der Waals surface area contributed by atoms with E-state index in [-0.39, 0.29) is 11.8 Å². The summed E-state index contributed by atoms with van der Waals surface area (Å²) < 4.78 is 1.05. The number of hydrogen-bond acceptors (Lipinski definition) is 4. The molecule has 1 amide bonds. The summed E-state index contributed by atoms with van der Waals surface area (Å²) in [5.74, 6) is 0.386. The molecule has 1 aliphatic carbocycles. The van der Waals surface area contributed by atoms with Gasteiger partial charge in [-0.1, -0.05) is 18.2 Å². The standard InChI is InChI=1S/C16H18N2OS2/c1-10-8-13(21-16-17-11(2)9-20-16)6-7-14(10)18-15(19)12-4-3-5-12/h6-9,12H,3-5H2,1-2H3,(H,18,19). The van der Waals surface area contributed by atoms with Crippen LogP contribution in [0.15, 0.2) is 32.8 Å². The van der Waals surface area contributed by atoms with E-state index in [1.807, 2.05) is 26.0 Å². The molecule has 0 bridgehead atoms. The van der Waals surface area contributed by atoms with Crippen molar-refractivity contribution >= 4 is 34.7 Å². The van der Waals surface area contributed by atoms with Gasteiger partial charge >= 0.3 is 0 Å². The molecule has 1 aromatic carbocycles. The fourth-order valence-electron chi connectivity index (χ4n) is 2.23. The van der Waals surface area contributed by atoms with E-state index in [4.69, 9.17) is 0 Å². The molecule has 110 valence electrons. The van der Waals surface area contributed by atoms with Gasteiger partial charge in [-0.05, 0) is 50.5 Å². The Labute approximate surface area is 133 Å². The molecule has 1 aliphatic rings. The number of anilines is 1. The zero-order valence-electron chi connectivity index (χ0n) is 12.2. The van der Waals surface area contributed by atoms with Crippen LogP contribution < -0.4 is 5.32 Å². The molecule has 0 radical (unpaired) electrons. The summed E-state index contributed by atoms with van der Waals surface area (Å²) in [7, 11) is 0. The highest BCUT2D eigenvalue weighted by Crippen LogP contribution is 2.33. The number of aromatic nitrogens is 1. The summed E-state index contributed by atoms with van der Waals surface area (Å²) in [6, 6.07) is 6.15. The lowest BCUT2D eigenvalue weighted by molar-refractivity contribution is -0.122. The van der Waals surface area contributed by atoms with Gasteiger partial charge in [-0.25, -0.2) is 4.98 Å². The number of benzene rings is 1. The van der Waals surface area contributed by atoms with Crippen LogP contribution >= 0.6 is 23.1 Å². The molecule has 1 aromatic heterocycles. The average molecular weight is 318 g/mol. The highest BCUT2D eigenvalue weighted by molar-refractivity contribution is 8.01. The minimum atomic E-state index is 0.167. The second kappa shape index (κ2) is 6.20. The monoisotopic (exact) mass is 318 g/mol. The van der Waals surface area contributed by atoms with Gasteiger partial charge in [0.15, 0.2) is 4.34 Å². The Hall–Kier alpha value is -1.33. The Kier molecular flexibility index (Phi) is 4.31. The van der Waals surface area contributed by atoms with Gasteiger partial charge in [0.2, 0.25) is 5.91 Å². The van der Waals surface area contributed by atoms with Crippen molar-refractivity contribution in [2.45, 2.75) is 42.3 Å². The lowest BCUT2D eigenvalue weighted by Crippen LogP contribution is -2.28. The number of amides is 1. The van der Waals surface area contributed by atoms with Crippen LogP contribution in [0.1, 0.15) is 30.5 Å². The Morgan fingerprint density at radius 2 is 2.19 bits per heavy atom. The molecular weight excluding hydrogens is 300 g/mol. The first-order valence-electron chi connectivity index (χ1n) is 7.13. The maximum Gasteiger partial charge on any atom is 0.227 e. The second-order valence-electron chi connectivity index (χ2n) is 5.45. The molecule has 0 saturated heterocycles. The maximum atomic E-state index is 12.0. The van der Waals surface area contributed by atoms with Crippen molar-refractivity contribution in [2.24, 2.45) is 5.92 Å². The van der Waals surface area contributed by atoms with E-state index in [1.165, 1.54) is 6.42 Å². The first kappa shape index (κ1) is 14.6. The van der Waals surface area contributed by atoms with Crippen LogP contribution in [0.2, 0.25) is 0 Å². The first-order chi connectivity index (χ1) is 10.1. The average Bonchev–Trinajstić information content (AvgIpc) is 2.76. The number of nitrogens with zero attached hydrogens (tertiary/aromatic N) is 1. The smallest absolute Gasteiger partial charge is 0.227 e. The minimum Gasteiger partial charge on any atom is -0.326 e. The van der Waals surface area contributed by atoms with Crippen molar-refractivity contribution in [3.8, 4) is 0 Å². The first-order valence-corrected chi connectivity index (χ1v) is 8.83. The van der Waals surface area contributed by atoms with Crippen LogP contribution in [0.3, 0.4) is 0 Å². The molecule has 1 heterocycles. The highest BCUT2D eigenvalue weighted by atomic mass is 32.2. The fourth-order valence-corrected chi connectivity index (χ4v) is 4.13. The molecule has 1 N–H and O–H groups in total. The van der Waals surface area contributed by atoms with Crippen molar-refractivity contribution < 1.29 is 4.79 Å². The van der Waals surface area contributed by atoms with E-state index in [9.17, 15) is 4.79 Å². The number of aryl methyl sites for hydroxylation is 2. The molecule has 21 heavy (non-hydrogen) atoms. The van der Waals surface area contributed by atoms with Gasteiger partial charge in [0.1, 0.15) is 0 Å². The second-order valence-corrected chi connectivity index (χ2v) is 7.63. The van der Waals surface area contributed by atoms with Crippen molar-refractivity contribution in [3.63, 3.8) is 0 Å². The summed E-state index contributed by atoms with van der Waals surface area (Å²) in [6.45, 7) is 4.04. The lowest BCUT2D eigenvalue weighted by atomic mass is 9.85. The van der Waals surface area contributed by atoms with E-state index in [0.29, 0.717) is 0 Å². The molecule has 2 aromatic rings. The van der Waals surface area contributed by atoms with Crippen LogP contribution in [0.25, 0.3) is 0 Å². The number of thiazole rings is 1. The quantitative estimate of drug-likeness (QED) is 0.892. The zero-order chi connectivity index (χ0) is 14.8. The Morgan fingerprint density at radius 1 is 1.38 bits per heavy atom. The van der Waals surface area contributed by atoms with Gasteiger partial charge in [0, 0.05) is 27.6 Å². The van der Waals surface area contributed by atoms with Crippen molar-refractivity contribution in [1.29, 1.82) is 0 Å². The molecule has 1 fully saturated rings. The zero-order valence-corrected chi connectivity index (χ0v) is 13.8. The predicted octanol–water partition coefficient (Wildman–Crippen LogP) is 4.65. The molecular formula is C16H18N2OS2. The molecule has 0 unspecified atom stereocenters. The Bertz CT molecular complexity index is 662. The van der Waals surface area contributed by atoms with Gasteiger partial charge in [-0.15, -0.1) is 11.3 Å². The van der Waals surface area contributed by atoms with Crippen LogP contribution in [0, 0.1) is 19.8 Å². The van der Waals surface area contributed by atoms with Gasteiger partial charge < -0.3 is 5.32 Å². The Morgan fingerprint density at radius 3 is 2.76 bits per heavy atom. The Balaban J connectivity index is 1.68. The van der Waals surface area contributed by atoms with Gasteiger partial charge in [0.05, 0.1) is 0 Å². The topological polar surface area (TPSA) is 42.0 Å². The summed E-state index contributed by atoms with van der Waals surface area (Å²) in [4.78, 5) is 17.6. The predicted molar refractivity (Wildman–Crippen MR) is 88.1 cm³/mol. The van der Waals surface area contributed by atoms with Crippen molar-refractivity contribution in [1.82, 2.24) is 4.98 Å². The molecule has 0 aliphatic heterocycles. The molecule has 5 heteroatoms. The summed E-state index contributed by atoms with van der Waals surface area (Å²) in [5, 5.41) is 5.10. The fraction of sp³-hybridized carbons (Fsp3) is 0.375. The van der Waals surface area contributed by atoms with E-state index in [0.717, 1.165) is 39.0 Å². The van der Waals surface area contributed by atoms with Gasteiger partial charge in [-0.3, -0.25) is 4.79 Å². The SMILES string of the molecule is Cc1csc(Sc2ccc(NC(=O)C3CCC3)c(C)c2)n1. The minimum absolute atomic E-state index is 0.167. The molecule has 3 rings (SSSR count). The summed E-state index contributed by atoms with van der Waals surface area (Å²) in [6.07, 6.45) is 3.24. The number of rotatable bonds is 4. The number of hydrogen-bond donors (Lipinski definition) is 1. The van der Waals surface area contributed by atoms with Crippen LogP contribution in [0.4, 0.5) is 5.69 Å². The van der Waals surface area contributed by atoms with E-state index < -0.39 is 0 Å². The van der Waals surface area contributed by atoms with E-state index >= 15 is 0 Å². The van der Waals surface area contributed by atoms with Crippen LogP contribution in [-0.2, 0) is 4.79 Å². The van der Waals surface area contributed by atoms with Crippen LogP contribution in [0.5, 0.6) is 0 Å². The summed E-state index contributed by atoms with van der Waals surface area (Å²) in [5.41, 5.74) is 3.08. The van der Waals surface area contributed by atoms with Gasteiger partial charge in [0.25, 0.3) is 0 Å². The van der Waals surface area contributed by atoms with Crippen molar-refractivity contribution in [3.05, 3.63) is 34.8 Å². The molecule has 0 spiro atoms. The number of carbonyl (C=O) groups is 1. The van der Waals surface area contributed by atoms with E-state index in [2.05, 4.69) is 21.7 Å². The normalized spacial score (nSPS) is 14.8. The third-order valence-corrected chi connectivity index (χ3v) is 5.78. The molecule has 0 atom stereocenters. The maximum absolute atomic E-state index is 12.0. The highest BCUT2D eigenvalue weighted by Gasteiger charge is 2.25. The molecule has 3 nitrogen and oxygen atoms in total. The van der Waals surface area contributed by atoms with Gasteiger partial charge in [-0.2, -0.15) is 0 Å². The van der Waals surface area contributed by atoms with Crippen LogP contribution in [-0.4, -0.2) is 10.9 Å². The number of nitrogens with one attached hydrogen (secondary N) is 1. The number of carbonyl (C=O) groups excluding carboxylic acids is 1. The summed E-state index contributed by atoms with van der Waals surface area (Å²) >= 11 is 3.33. The molecule has 1 saturated carbocycles. The van der Waals surface area contributed by atoms with Crippen molar-refractivity contribution in [2.75, 3.05) is 5.32 Å².